The van der Waals surface area contributed by atoms with Crippen molar-refractivity contribution in [3.05, 3.63) is 29.3 Å². The fraction of sp³-hybridized carbons (Fsp3) is 0.333. The highest BCUT2D eigenvalue weighted by Gasteiger charge is 2.09. The summed E-state index contributed by atoms with van der Waals surface area (Å²) in [6.07, 6.45) is 2.42. The molecule has 1 heterocycles. The van der Waals surface area contributed by atoms with Crippen LogP contribution in [0.25, 0.3) is 10.2 Å². The van der Waals surface area contributed by atoms with Crippen molar-refractivity contribution in [2.75, 3.05) is 6.26 Å². The monoisotopic (exact) mass is 298 g/mol. The van der Waals surface area contributed by atoms with Crippen LogP contribution in [0, 0.1) is 0 Å². The number of para-hydroxylation sites is 1. The molecule has 1 amide bonds. The van der Waals surface area contributed by atoms with Crippen LogP contribution in [0.1, 0.15) is 17.8 Å². The second-order valence-electron chi connectivity index (χ2n) is 4.23. The van der Waals surface area contributed by atoms with Gasteiger partial charge in [-0.25, -0.2) is 13.4 Å². The van der Waals surface area contributed by atoms with Gasteiger partial charge >= 0.3 is 0 Å². The van der Waals surface area contributed by atoms with Crippen molar-refractivity contribution in [1.82, 2.24) is 9.71 Å². The second-order valence-corrected chi connectivity index (χ2v) is 7.09. The van der Waals surface area contributed by atoms with E-state index in [2.05, 4.69) is 4.98 Å². The van der Waals surface area contributed by atoms with Gasteiger partial charge in [-0.2, -0.15) is 0 Å². The Kier molecular flexibility index (Phi) is 4.16. The Bertz CT molecular complexity index is 659. The van der Waals surface area contributed by atoms with Gasteiger partial charge in [0, 0.05) is 6.42 Å². The van der Waals surface area contributed by atoms with Gasteiger partial charge in [0.25, 0.3) is 0 Å². The Balaban J connectivity index is 1.87. The molecule has 0 unspecified atom stereocenters. The number of hydrogen-bond acceptors (Lipinski definition) is 5. The molecule has 0 saturated carbocycles. The van der Waals surface area contributed by atoms with E-state index in [0.717, 1.165) is 21.5 Å². The molecule has 0 saturated heterocycles. The fourth-order valence-corrected chi connectivity index (χ4v) is 3.21. The van der Waals surface area contributed by atoms with Crippen molar-refractivity contribution in [1.29, 1.82) is 0 Å². The summed E-state index contributed by atoms with van der Waals surface area (Å²) in [5, 5.41) is 0.966. The summed E-state index contributed by atoms with van der Waals surface area (Å²) in [6, 6.07) is 7.85. The molecule has 19 heavy (non-hydrogen) atoms. The van der Waals surface area contributed by atoms with Gasteiger partial charge in [-0.1, -0.05) is 12.1 Å². The minimum Gasteiger partial charge on any atom is -0.274 e. The maximum atomic E-state index is 11.3. The van der Waals surface area contributed by atoms with Gasteiger partial charge in [-0.15, -0.1) is 11.3 Å². The predicted octanol–water partition coefficient (Wildman–Crippen LogP) is 1.69. The van der Waals surface area contributed by atoms with Crippen molar-refractivity contribution >= 4 is 37.5 Å². The minimum atomic E-state index is -3.45. The molecule has 7 heteroatoms. The molecular weight excluding hydrogens is 284 g/mol. The van der Waals surface area contributed by atoms with Gasteiger partial charge in [-0.05, 0) is 25.0 Å². The lowest BCUT2D eigenvalue weighted by Gasteiger charge is -2.01. The molecule has 0 radical (unpaired) electrons. The van der Waals surface area contributed by atoms with E-state index in [1.807, 2.05) is 29.0 Å². The zero-order valence-corrected chi connectivity index (χ0v) is 12.1. The van der Waals surface area contributed by atoms with Crippen LogP contribution in [0.2, 0.25) is 0 Å². The Hall–Kier alpha value is -1.47. The van der Waals surface area contributed by atoms with E-state index in [1.165, 1.54) is 0 Å². The molecule has 0 atom stereocenters. The van der Waals surface area contributed by atoms with Crippen molar-refractivity contribution < 1.29 is 13.2 Å². The molecule has 0 aliphatic carbocycles. The maximum absolute atomic E-state index is 11.3. The van der Waals surface area contributed by atoms with Crippen LogP contribution < -0.4 is 4.72 Å². The molecule has 1 aromatic heterocycles. The third-order valence-corrected chi connectivity index (χ3v) is 4.13. The third-order valence-electron chi connectivity index (χ3n) is 2.43. The summed E-state index contributed by atoms with van der Waals surface area (Å²) in [5.41, 5.74) is 0.961. The number of fused-ring (bicyclic) bond motifs is 1. The van der Waals surface area contributed by atoms with Gasteiger partial charge in [-0.3, -0.25) is 9.52 Å². The number of benzene rings is 1. The number of thiazole rings is 1. The van der Waals surface area contributed by atoms with Crippen LogP contribution in [0.3, 0.4) is 0 Å². The normalized spacial score (nSPS) is 11.6. The van der Waals surface area contributed by atoms with E-state index in [4.69, 9.17) is 0 Å². The Labute approximate surface area is 115 Å². The number of amides is 1. The molecule has 0 bridgehead atoms. The standard InChI is InChI=1S/C12H14N2O3S2/c1-19(16,17)14-11(15)7-4-8-12-13-9-5-2-3-6-10(9)18-12/h2-3,5-6H,4,7-8H2,1H3,(H,14,15). The fourth-order valence-electron chi connectivity index (χ4n) is 1.68. The van der Waals surface area contributed by atoms with Crippen LogP contribution >= 0.6 is 11.3 Å². The van der Waals surface area contributed by atoms with Crippen LogP contribution in [-0.4, -0.2) is 25.6 Å². The lowest BCUT2D eigenvalue weighted by Crippen LogP contribution is -2.29. The van der Waals surface area contributed by atoms with E-state index >= 15 is 0 Å². The van der Waals surface area contributed by atoms with E-state index in [-0.39, 0.29) is 6.42 Å². The molecule has 1 aromatic carbocycles. The zero-order chi connectivity index (χ0) is 13.9. The third kappa shape index (κ3) is 4.29. The van der Waals surface area contributed by atoms with Gasteiger partial charge in [0.15, 0.2) is 0 Å². The highest BCUT2D eigenvalue weighted by atomic mass is 32.2. The van der Waals surface area contributed by atoms with Crippen molar-refractivity contribution in [3.8, 4) is 0 Å². The molecule has 5 nitrogen and oxygen atoms in total. The molecule has 0 aliphatic rings. The largest absolute Gasteiger partial charge is 0.274 e. The van der Waals surface area contributed by atoms with Crippen molar-refractivity contribution in [3.63, 3.8) is 0 Å². The summed E-state index contributed by atoms with van der Waals surface area (Å²) < 4.78 is 24.8. The summed E-state index contributed by atoms with van der Waals surface area (Å²) in [6.45, 7) is 0. The first-order chi connectivity index (χ1) is 8.94. The van der Waals surface area contributed by atoms with Gasteiger partial charge in [0.2, 0.25) is 15.9 Å². The molecule has 0 fully saturated rings. The van der Waals surface area contributed by atoms with E-state index in [1.54, 1.807) is 11.3 Å². The SMILES string of the molecule is CS(=O)(=O)NC(=O)CCCc1nc2ccccc2s1. The number of nitrogens with zero attached hydrogens (tertiary/aromatic N) is 1. The molecule has 2 rings (SSSR count). The predicted molar refractivity (Wildman–Crippen MR) is 75.5 cm³/mol. The molecule has 102 valence electrons. The lowest BCUT2D eigenvalue weighted by molar-refractivity contribution is -0.119. The summed E-state index contributed by atoms with van der Waals surface area (Å²) in [7, 11) is -3.45. The van der Waals surface area contributed by atoms with Crippen molar-refractivity contribution in [2.24, 2.45) is 0 Å². The number of carbonyl (C=O) groups is 1. The average Bonchev–Trinajstić information content (AvgIpc) is 2.68. The number of aryl methyl sites for hydroxylation is 1. The zero-order valence-electron chi connectivity index (χ0n) is 10.4. The summed E-state index contributed by atoms with van der Waals surface area (Å²) >= 11 is 1.60. The van der Waals surface area contributed by atoms with Gasteiger partial charge in [0.05, 0.1) is 21.5 Å². The highest BCUT2D eigenvalue weighted by molar-refractivity contribution is 7.89. The first kappa shape index (κ1) is 14.0. The minimum absolute atomic E-state index is 0.184. The summed E-state index contributed by atoms with van der Waals surface area (Å²) in [5.74, 6) is -0.469. The number of rotatable bonds is 5. The van der Waals surface area contributed by atoms with Crippen LogP contribution in [0.4, 0.5) is 0 Å². The van der Waals surface area contributed by atoms with E-state index in [0.29, 0.717) is 12.8 Å². The van der Waals surface area contributed by atoms with Crippen molar-refractivity contribution in [2.45, 2.75) is 19.3 Å². The first-order valence-corrected chi connectivity index (χ1v) is 8.50. The number of hydrogen-bond donors (Lipinski definition) is 1. The van der Waals surface area contributed by atoms with Crippen LogP contribution in [0.15, 0.2) is 24.3 Å². The van der Waals surface area contributed by atoms with Crippen LogP contribution in [0.5, 0.6) is 0 Å². The Morgan fingerprint density at radius 1 is 1.37 bits per heavy atom. The molecule has 0 aliphatic heterocycles. The van der Waals surface area contributed by atoms with E-state index < -0.39 is 15.9 Å². The van der Waals surface area contributed by atoms with E-state index in [9.17, 15) is 13.2 Å². The molecule has 1 N–H and O–H groups in total. The topological polar surface area (TPSA) is 76.1 Å². The second kappa shape index (κ2) is 5.66. The summed E-state index contributed by atoms with van der Waals surface area (Å²) in [4.78, 5) is 15.8. The first-order valence-electron chi connectivity index (χ1n) is 5.79. The Morgan fingerprint density at radius 2 is 2.11 bits per heavy atom. The smallest absolute Gasteiger partial charge is 0.233 e. The highest BCUT2D eigenvalue weighted by Crippen LogP contribution is 2.22. The Morgan fingerprint density at radius 3 is 2.79 bits per heavy atom. The molecular formula is C12H14N2O3S2. The molecule has 2 aromatic rings. The number of aromatic nitrogens is 1. The number of nitrogens with one attached hydrogen (secondary N) is 1. The number of sulfonamides is 1. The molecule has 0 spiro atoms. The van der Waals surface area contributed by atoms with Gasteiger partial charge in [0.1, 0.15) is 0 Å². The van der Waals surface area contributed by atoms with Gasteiger partial charge < -0.3 is 0 Å². The van der Waals surface area contributed by atoms with Crippen LogP contribution in [-0.2, 0) is 21.2 Å². The quantitative estimate of drug-likeness (QED) is 0.911. The maximum Gasteiger partial charge on any atom is 0.233 e. The average molecular weight is 298 g/mol. The number of carbonyl (C=O) groups excluding carboxylic acids is 1. The lowest BCUT2D eigenvalue weighted by atomic mass is 10.2.